The third-order valence-electron chi connectivity index (χ3n) is 2.59. The highest BCUT2D eigenvalue weighted by Crippen LogP contribution is 2.30. The molecule has 4 nitrogen and oxygen atoms in total. The molecule has 2 aromatic carbocycles. The Morgan fingerprint density at radius 3 is 1.94 bits per heavy atom. The van der Waals surface area contributed by atoms with Crippen molar-refractivity contribution in [1.29, 1.82) is 0 Å². The van der Waals surface area contributed by atoms with Crippen LogP contribution in [-0.4, -0.2) is 18.6 Å². The summed E-state index contributed by atoms with van der Waals surface area (Å²) in [6, 6.07) is 9.86. The van der Waals surface area contributed by atoms with Crippen molar-refractivity contribution in [3.63, 3.8) is 0 Å². The summed E-state index contributed by atoms with van der Waals surface area (Å²) >= 11 is 0. The zero-order valence-electron chi connectivity index (χ0n) is 9.66. The molecule has 0 spiro atoms. The van der Waals surface area contributed by atoms with E-state index in [9.17, 15) is 18.6 Å². The number of aromatic hydroxyl groups is 2. The standard InChI is InChI=1S/C13H12O4S/c1-9-2-4-10(5-3-9)18(16,17)11-6-7-12(14)13(15)8-11/h2-8,14-15H,1H3. The molecule has 2 aromatic rings. The smallest absolute Gasteiger partial charge is 0.206 e. The van der Waals surface area contributed by atoms with Gasteiger partial charge in [-0.1, -0.05) is 17.7 Å². The molecule has 5 heteroatoms. The second-order valence-corrected chi connectivity index (χ2v) is 5.92. The molecule has 0 saturated carbocycles. The van der Waals surface area contributed by atoms with Crippen molar-refractivity contribution in [1.82, 2.24) is 0 Å². The summed E-state index contributed by atoms with van der Waals surface area (Å²) in [5.41, 5.74) is 0.961. The third kappa shape index (κ3) is 2.17. The number of rotatable bonds is 2. The normalized spacial score (nSPS) is 11.4. The third-order valence-corrected chi connectivity index (χ3v) is 4.36. The first-order chi connectivity index (χ1) is 8.41. The van der Waals surface area contributed by atoms with Crippen molar-refractivity contribution in [2.45, 2.75) is 16.7 Å². The number of aryl methyl sites for hydroxylation is 1. The van der Waals surface area contributed by atoms with Gasteiger partial charge in [-0.05, 0) is 31.2 Å². The summed E-state index contributed by atoms with van der Waals surface area (Å²) in [5, 5.41) is 18.5. The quantitative estimate of drug-likeness (QED) is 0.816. The Balaban J connectivity index is 2.54. The van der Waals surface area contributed by atoms with E-state index in [1.165, 1.54) is 18.2 Å². The van der Waals surface area contributed by atoms with Gasteiger partial charge in [-0.2, -0.15) is 0 Å². The first-order valence-electron chi connectivity index (χ1n) is 5.25. The molecule has 0 aliphatic heterocycles. The molecule has 18 heavy (non-hydrogen) atoms. The minimum Gasteiger partial charge on any atom is -0.504 e. The van der Waals surface area contributed by atoms with Crippen LogP contribution >= 0.6 is 0 Å². The van der Waals surface area contributed by atoms with Gasteiger partial charge in [-0.3, -0.25) is 0 Å². The summed E-state index contributed by atoms with van der Waals surface area (Å²) in [6.45, 7) is 1.86. The van der Waals surface area contributed by atoms with Crippen molar-refractivity contribution < 1.29 is 18.6 Å². The molecule has 0 aliphatic rings. The second kappa shape index (κ2) is 4.34. The molecule has 0 radical (unpaired) electrons. The summed E-state index contributed by atoms with van der Waals surface area (Å²) in [4.78, 5) is 0.0971. The summed E-state index contributed by atoms with van der Waals surface area (Å²) in [7, 11) is -3.67. The summed E-state index contributed by atoms with van der Waals surface area (Å²) in [5.74, 6) is -0.805. The molecule has 0 bridgehead atoms. The van der Waals surface area contributed by atoms with E-state index in [1.54, 1.807) is 12.1 Å². The predicted molar refractivity (Wildman–Crippen MR) is 66.4 cm³/mol. The average molecular weight is 264 g/mol. The number of hydrogen-bond acceptors (Lipinski definition) is 4. The van der Waals surface area contributed by atoms with Crippen molar-refractivity contribution in [2.75, 3.05) is 0 Å². The molecule has 0 amide bonds. The fourth-order valence-electron chi connectivity index (χ4n) is 1.52. The van der Waals surface area contributed by atoms with E-state index in [1.807, 2.05) is 6.92 Å². The first kappa shape index (κ1) is 12.4. The topological polar surface area (TPSA) is 74.6 Å². The average Bonchev–Trinajstić information content (AvgIpc) is 2.33. The minimum absolute atomic E-state index is 0.0540. The van der Waals surface area contributed by atoms with Crippen LogP contribution in [0.3, 0.4) is 0 Å². The fraction of sp³-hybridized carbons (Fsp3) is 0.0769. The number of phenols is 2. The highest BCUT2D eigenvalue weighted by molar-refractivity contribution is 7.91. The number of phenolic OH excluding ortho intramolecular Hbond substituents is 2. The van der Waals surface area contributed by atoms with Crippen molar-refractivity contribution in [2.24, 2.45) is 0 Å². The van der Waals surface area contributed by atoms with Crippen LogP contribution in [0, 0.1) is 6.92 Å². The Morgan fingerprint density at radius 1 is 0.833 bits per heavy atom. The van der Waals surface area contributed by atoms with Crippen LogP contribution in [0.25, 0.3) is 0 Å². The Kier molecular flexibility index (Phi) is 3.00. The summed E-state index contributed by atoms with van der Waals surface area (Å²) in [6.07, 6.45) is 0. The minimum atomic E-state index is -3.67. The van der Waals surface area contributed by atoms with E-state index in [0.29, 0.717) is 0 Å². The van der Waals surface area contributed by atoms with Crippen LogP contribution in [-0.2, 0) is 9.84 Å². The Bertz CT molecular complexity index is 673. The Morgan fingerprint density at radius 2 is 1.39 bits per heavy atom. The molecule has 2 rings (SSSR count). The SMILES string of the molecule is Cc1ccc(S(=O)(=O)c2ccc(O)c(O)c2)cc1. The lowest BCUT2D eigenvalue weighted by Gasteiger charge is -2.06. The van der Waals surface area contributed by atoms with Gasteiger partial charge in [-0.15, -0.1) is 0 Å². The number of benzene rings is 2. The molecule has 0 aromatic heterocycles. The van der Waals surface area contributed by atoms with Gasteiger partial charge in [-0.25, -0.2) is 8.42 Å². The van der Waals surface area contributed by atoms with E-state index < -0.39 is 15.6 Å². The van der Waals surface area contributed by atoms with Gasteiger partial charge >= 0.3 is 0 Å². The lowest BCUT2D eigenvalue weighted by atomic mass is 10.2. The maximum atomic E-state index is 12.2. The first-order valence-corrected chi connectivity index (χ1v) is 6.73. The molecule has 0 saturated heterocycles. The van der Waals surface area contributed by atoms with Gasteiger partial charge in [0.25, 0.3) is 0 Å². The van der Waals surface area contributed by atoms with Gasteiger partial charge in [0.05, 0.1) is 9.79 Å². The molecule has 2 N–H and O–H groups in total. The molecule has 0 fully saturated rings. The highest BCUT2D eigenvalue weighted by Gasteiger charge is 2.18. The molecular weight excluding hydrogens is 252 g/mol. The Hall–Kier alpha value is -2.01. The lowest BCUT2D eigenvalue weighted by molar-refractivity contribution is 0.402. The van der Waals surface area contributed by atoms with Crippen LogP contribution in [0.2, 0.25) is 0 Å². The van der Waals surface area contributed by atoms with Gasteiger partial charge < -0.3 is 10.2 Å². The van der Waals surface area contributed by atoms with Gasteiger partial charge in [0.2, 0.25) is 9.84 Å². The maximum absolute atomic E-state index is 12.2. The fourth-order valence-corrected chi connectivity index (χ4v) is 2.80. The van der Waals surface area contributed by atoms with E-state index in [-0.39, 0.29) is 15.5 Å². The lowest BCUT2D eigenvalue weighted by Crippen LogP contribution is -2.01. The van der Waals surface area contributed by atoms with Crippen LogP contribution in [0.4, 0.5) is 0 Å². The molecule has 0 heterocycles. The maximum Gasteiger partial charge on any atom is 0.206 e. The van der Waals surface area contributed by atoms with Crippen LogP contribution < -0.4 is 0 Å². The Labute approximate surface area is 105 Å². The van der Waals surface area contributed by atoms with Crippen LogP contribution in [0.1, 0.15) is 5.56 Å². The van der Waals surface area contributed by atoms with Crippen molar-refractivity contribution >= 4 is 9.84 Å². The highest BCUT2D eigenvalue weighted by atomic mass is 32.2. The predicted octanol–water partition coefficient (Wildman–Crippen LogP) is 2.24. The molecule has 94 valence electrons. The van der Waals surface area contributed by atoms with Crippen LogP contribution in [0.5, 0.6) is 11.5 Å². The zero-order chi connectivity index (χ0) is 13.3. The van der Waals surface area contributed by atoms with E-state index in [4.69, 9.17) is 0 Å². The molecule has 0 aliphatic carbocycles. The number of hydrogen-bond donors (Lipinski definition) is 2. The largest absolute Gasteiger partial charge is 0.504 e. The van der Waals surface area contributed by atoms with E-state index in [0.717, 1.165) is 17.7 Å². The molecule has 0 atom stereocenters. The second-order valence-electron chi connectivity index (χ2n) is 3.97. The molecular formula is C13H12O4S. The monoisotopic (exact) mass is 264 g/mol. The van der Waals surface area contributed by atoms with Gasteiger partial charge in [0.15, 0.2) is 11.5 Å². The summed E-state index contributed by atoms with van der Waals surface area (Å²) < 4.78 is 24.4. The van der Waals surface area contributed by atoms with Gasteiger partial charge in [0, 0.05) is 6.07 Å². The zero-order valence-corrected chi connectivity index (χ0v) is 10.5. The van der Waals surface area contributed by atoms with E-state index >= 15 is 0 Å². The number of sulfone groups is 1. The van der Waals surface area contributed by atoms with Crippen LogP contribution in [0.15, 0.2) is 52.3 Å². The van der Waals surface area contributed by atoms with Crippen molar-refractivity contribution in [3.05, 3.63) is 48.0 Å². The molecule has 0 unspecified atom stereocenters. The van der Waals surface area contributed by atoms with E-state index in [2.05, 4.69) is 0 Å². The van der Waals surface area contributed by atoms with Crippen molar-refractivity contribution in [3.8, 4) is 11.5 Å². The van der Waals surface area contributed by atoms with Gasteiger partial charge in [0.1, 0.15) is 0 Å².